The molecule has 1 aromatic carbocycles. The molecule has 1 unspecified atom stereocenters. The molecule has 0 bridgehead atoms. The SMILES string of the molecule is CCCC(C)N(C)Cc1ccc(CNC(C)C)cc1. The molecule has 108 valence electrons. The molecule has 0 aliphatic rings. The molecular formula is C17H30N2. The Morgan fingerprint density at radius 3 is 2.16 bits per heavy atom. The second kappa shape index (κ2) is 8.34. The molecular weight excluding hydrogens is 232 g/mol. The third kappa shape index (κ3) is 6.22. The van der Waals surface area contributed by atoms with E-state index in [-0.39, 0.29) is 0 Å². The zero-order valence-corrected chi connectivity index (χ0v) is 13.2. The van der Waals surface area contributed by atoms with Crippen molar-refractivity contribution in [3.63, 3.8) is 0 Å². The summed E-state index contributed by atoms with van der Waals surface area (Å²) in [5.41, 5.74) is 2.76. The monoisotopic (exact) mass is 262 g/mol. The Kier molecular flexibility index (Phi) is 7.11. The smallest absolute Gasteiger partial charge is 0.0233 e. The van der Waals surface area contributed by atoms with Gasteiger partial charge in [-0.05, 0) is 31.5 Å². The van der Waals surface area contributed by atoms with Crippen LogP contribution in [0.3, 0.4) is 0 Å². The van der Waals surface area contributed by atoms with Crippen molar-refractivity contribution in [2.75, 3.05) is 7.05 Å². The normalized spacial score (nSPS) is 13.2. The lowest BCUT2D eigenvalue weighted by Gasteiger charge is -2.24. The molecule has 0 spiro atoms. The first-order valence-corrected chi connectivity index (χ1v) is 7.54. The number of nitrogens with one attached hydrogen (secondary N) is 1. The van der Waals surface area contributed by atoms with E-state index in [1.807, 2.05) is 0 Å². The van der Waals surface area contributed by atoms with Crippen LogP contribution in [0, 0.1) is 0 Å². The molecule has 1 rings (SSSR count). The van der Waals surface area contributed by atoms with Gasteiger partial charge in [-0.15, -0.1) is 0 Å². The van der Waals surface area contributed by atoms with Gasteiger partial charge in [0.05, 0.1) is 0 Å². The van der Waals surface area contributed by atoms with E-state index < -0.39 is 0 Å². The summed E-state index contributed by atoms with van der Waals surface area (Å²) in [5, 5.41) is 3.45. The largest absolute Gasteiger partial charge is 0.310 e. The highest BCUT2D eigenvalue weighted by molar-refractivity contribution is 5.22. The molecule has 0 aliphatic carbocycles. The average molecular weight is 262 g/mol. The van der Waals surface area contributed by atoms with Crippen LogP contribution in [-0.4, -0.2) is 24.0 Å². The molecule has 0 radical (unpaired) electrons. The van der Waals surface area contributed by atoms with Crippen molar-refractivity contribution in [1.82, 2.24) is 10.2 Å². The summed E-state index contributed by atoms with van der Waals surface area (Å²) in [7, 11) is 2.22. The molecule has 0 aliphatic heterocycles. The quantitative estimate of drug-likeness (QED) is 0.766. The molecule has 2 heteroatoms. The molecule has 2 nitrogen and oxygen atoms in total. The van der Waals surface area contributed by atoms with Crippen LogP contribution in [0.2, 0.25) is 0 Å². The van der Waals surface area contributed by atoms with Gasteiger partial charge in [-0.25, -0.2) is 0 Å². The maximum atomic E-state index is 3.45. The molecule has 0 saturated carbocycles. The fraction of sp³-hybridized carbons (Fsp3) is 0.647. The van der Waals surface area contributed by atoms with Crippen molar-refractivity contribution in [3.05, 3.63) is 35.4 Å². The van der Waals surface area contributed by atoms with E-state index in [0.717, 1.165) is 13.1 Å². The van der Waals surface area contributed by atoms with E-state index in [1.165, 1.54) is 24.0 Å². The third-order valence-electron chi connectivity index (χ3n) is 3.63. The van der Waals surface area contributed by atoms with Crippen molar-refractivity contribution >= 4 is 0 Å². The van der Waals surface area contributed by atoms with E-state index in [2.05, 4.69) is 69.2 Å². The standard InChI is InChI=1S/C17H30N2/c1-6-7-15(4)19(5)13-17-10-8-16(9-11-17)12-18-14(2)3/h8-11,14-15,18H,6-7,12-13H2,1-5H3. The Bertz CT molecular complexity index is 343. The fourth-order valence-corrected chi connectivity index (χ4v) is 2.17. The molecule has 1 aromatic rings. The van der Waals surface area contributed by atoms with Crippen molar-refractivity contribution in [3.8, 4) is 0 Å². The van der Waals surface area contributed by atoms with E-state index in [4.69, 9.17) is 0 Å². The van der Waals surface area contributed by atoms with Crippen molar-refractivity contribution in [1.29, 1.82) is 0 Å². The summed E-state index contributed by atoms with van der Waals surface area (Å²) in [6.07, 6.45) is 2.53. The van der Waals surface area contributed by atoms with Gasteiger partial charge < -0.3 is 5.32 Å². The molecule has 1 atom stereocenters. The van der Waals surface area contributed by atoms with Gasteiger partial charge in [0.25, 0.3) is 0 Å². The first kappa shape index (κ1) is 16.2. The lowest BCUT2D eigenvalue weighted by molar-refractivity contribution is 0.237. The topological polar surface area (TPSA) is 15.3 Å². The lowest BCUT2D eigenvalue weighted by atomic mass is 10.1. The number of hydrogen-bond donors (Lipinski definition) is 1. The van der Waals surface area contributed by atoms with Crippen molar-refractivity contribution in [2.24, 2.45) is 0 Å². The van der Waals surface area contributed by atoms with Crippen molar-refractivity contribution in [2.45, 2.75) is 65.7 Å². The fourth-order valence-electron chi connectivity index (χ4n) is 2.17. The van der Waals surface area contributed by atoms with Crippen LogP contribution in [-0.2, 0) is 13.1 Å². The summed E-state index contributed by atoms with van der Waals surface area (Å²) in [4.78, 5) is 2.44. The molecule has 0 saturated heterocycles. The van der Waals surface area contributed by atoms with Gasteiger partial charge in [0, 0.05) is 25.2 Å². The van der Waals surface area contributed by atoms with E-state index in [0.29, 0.717) is 12.1 Å². The highest BCUT2D eigenvalue weighted by Gasteiger charge is 2.08. The second-order valence-corrected chi connectivity index (χ2v) is 5.90. The number of hydrogen-bond acceptors (Lipinski definition) is 2. The van der Waals surface area contributed by atoms with Gasteiger partial charge in [-0.3, -0.25) is 4.90 Å². The maximum Gasteiger partial charge on any atom is 0.0233 e. The first-order valence-electron chi connectivity index (χ1n) is 7.54. The van der Waals surface area contributed by atoms with Gasteiger partial charge in [0.15, 0.2) is 0 Å². The second-order valence-electron chi connectivity index (χ2n) is 5.90. The van der Waals surface area contributed by atoms with E-state index in [9.17, 15) is 0 Å². The summed E-state index contributed by atoms with van der Waals surface area (Å²) >= 11 is 0. The number of nitrogens with zero attached hydrogens (tertiary/aromatic N) is 1. The van der Waals surface area contributed by atoms with Gasteiger partial charge in [0.1, 0.15) is 0 Å². The Morgan fingerprint density at radius 2 is 1.63 bits per heavy atom. The molecule has 1 N–H and O–H groups in total. The van der Waals surface area contributed by atoms with Crippen LogP contribution in [0.4, 0.5) is 0 Å². The summed E-state index contributed by atoms with van der Waals surface area (Å²) in [5.74, 6) is 0. The van der Waals surface area contributed by atoms with E-state index in [1.54, 1.807) is 0 Å². The predicted molar refractivity (Wildman–Crippen MR) is 84.3 cm³/mol. The minimum Gasteiger partial charge on any atom is -0.310 e. The van der Waals surface area contributed by atoms with Gasteiger partial charge in [-0.2, -0.15) is 0 Å². The van der Waals surface area contributed by atoms with Crippen molar-refractivity contribution < 1.29 is 0 Å². The van der Waals surface area contributed by atoms with Crippen LogP contribution in [0.5, 0.6) is 0 Å². The number of rotatable bonds is 8. The van der Waals surface area contributed by atoms with Gasteiger partial charge in [-0.1, -0.05) is 51.5 Å². The Hall–Kier alpha value is -0.860. The molecule has 0 aromatic heterocycles. The third-order valence-corrected chi connectivity index (χ3v) is 3.63. The summed E-state index contributed by atoms with van der Waals surface area (Å²) in [6, 6.07) is 10.2. The molecule has 19 heavy (non-hydrogen) atoms. The molecule has 0 heterocycles. The highest BCUT2D eigenvalue weighted by atomic mass is 15.1. The van der Waals surface area contributed by atoms with Crippen LogP contribution >= 0.6 is 0 Å². The predicted octanol–water partition coefficient (Wildman–Crippen LogP) is 3.81. The van der Waals surface area contributed by atoms with Gasteiger partial charge >= 0.3 is 0 Å². The minimum atomic E-state index is 0.542. The van der Waals surface area contributed by atoms with E-state index >= 15 is 0 Å². The van der Waals surface area contributed by atoms with Crippen LogP contribution in [0.1, 0.15) is 51.7 Å². The maximum absolute atomic E-state index is 3.45. The average Bonchev–Trinajstić information content (AvgIpc) is 2.38. The van der Waals surface area contributed by atoms with Gasteiger partial charge in [0.2, 0.25) is 0 Å². The Morgan fingerprint density at radius 1 is 1.05 bits per heavy atom. The highest BCUT2D eigenvalue weighted by Crippen LogP contribution is 2.11. The van der Waals surface area contributed by atoms with Crippen LogP contribution < -0.4 is 5.32 Å². The lowest BCUT2D eigenvalue weighted by Crippen LogP contribution is -2.28. The minimum absolute atomic E-state index is 0.542. The van der Waals surface area contributed by atoms with Crippen LogP contribution in [0.15, 0.2) is 24.3 Å². The summed E-state index contributed by atoms with van der Waals surface area (Å²) < 4.78 is 0. The Labute approximate surface area is 119 Å². The zero-order valence-electron chi connectivity index (χ0n) is 13.2. The first-order chi connectivity index (χ1) is 9.02. The number of benzene rings is 1. The molecule has 0 fully saturated rings. The van der Waals surface area contributed by atoms with Crippen LogP contribution in [0.25, 0.3) is 0 Å². The molecule has 0 amide bonds. The summed E-state index contributed by atoms with van der Waals surface area (Å²) in [6.45, 7) is 10.9. The zero-order chi connectivity index (χ0) is 14.3. The Balaban J connectivity index is 2.47.